The molecule has 4 aromatic rings. The maximum absolute atomic E-state index is 5.88. The Hall–Kier alpha value is -3.29. The van der Waals surface area contributed by atoms with Crippen LogP contribution in [0.15, 0.2) is 103 Å². The van der Waals surface area contributed by atoms with Gasteiger partial charge in [-0.3, -0.25) is 0 Å². The Kier molecular flexibility index (Phi) is 6.78. The Morgan fingerprint density at radius 1 is 0.500 bits per heavy atom. The van der Waals surface area contributed by atoms with Crippen LogP contribution in [0.2, 0.25) is 0 Å². The predicted octanol–water partition coefficient (Wildman–Crippen LogP) is 4.94. The van der Waals surface area contributed by atoms with Gasteiger partial charge in [0.05, 0.1) is 0 Å². The molecule has 0 saturated heterocycles. The first-order valence-electron chi connectivity index (χ1n) is 10.7. The van der Waals surface area contributed by atoms with E-state index in [1.807, 2.05) is 6.07 Å². The first kappa shape index (κ1) is 21.9. The predicted molar refractivity (Wildman–Crippen MR) is 136 cm³/mol. The van der Waals surface area contributed by atoms with Crippen LogP contribution in [0, 0.1) is 0 Å². The monoisotopic (exact) mass is 444 g/mol. The molecule has 3 nitrogen and oxygen atoms in total. The third kappa shape index (κ3) is 3.97. The summed E-state index contributed by atoms with van der Waals surface area (Å²) in [5.74, 6) is 2.02. The molecule has 0 fully saturated rings. The van der Waals surface area contributed by atoms with Crippen LogP contribution in [0.3, 0.4) is 0 Å². The average molecular weight is 445 g/mol. The number of rotatable bonds is 8. The summed E-state index contributed by atoms with van der Waals surface area (Å²) in [6, 6.07) is 36.7. The van der Waals surface area contributed by atoms with Gasteiger partial charge in [-0.05, 0) is 0 Å². The molecule has 4 aromatic carbocycles. The minimum atomic E-state index is -2.45. The second kappa shape index (κ2) is 9.89. The second-order valence-electron chi connectivity index (χ2n) is 7.67. The molecule has 0 aromatic heterocycles. The molecular weight excluding hydrogens is 415 g/mol. The van der Waals surface area contributed by atoms with Crippen LogP contribution in [0.25, 0.3) is 0 Å². The minimum absolute atomic E-state index is 0.629. The van der Waals surface area contributed by atoms with E-state index < -0.39 is 7.26 Å². The fourth-order valence-corrected chi connectivity index (χ4v) is 9.31. The zero-order valence-electron chi connectivity index (χ0n) is 18.7. The van der Waals surface area contributed by atoms with E-state index in [9.17, 15) is 0 Å². The molecule has 0 radical (unpaired) electrons. The molecule has 0 bridgehead atoms. The third-order valence-electron chi connectivity index (χ3n) is 6.04. The first-order valence-corrected chi connectivity index (χ1v) is 12.9. The SMILES string of the molecule is COc1ccc(C[PH](c2ccccc2)(c2ccccc2)c2ccccc2)c(OC)c1OC. The van der Waals surface area contributed by atoms with Crippen molar-refractivity contribution in [2.75, 3.05) is 21.3 Å². The zero-order chi connectivity index (χ0) is 22.4. The number of ether oxygens (including phenoxy) is 3. The molecule has 164 valence electrons. The van der Waals surface area contributed by atoms with E-state index in [4.69, 9.17) is 14.2 Å². The molecule has 4 heteroatoms. The van der Waals surface area contributed by atoms with Crippen molar-refractivity contribution in [1.29, 1.82) is 0 Å². The Labute approximate surface area is 190 Å². The van der Waals surface area contributed by atoms with Crippen LogP contribution in [0.1, 0.15) is 5.56 Å². The molecule has 0 aliphatic carbocycles. The summed E-state index contributed by atoms with van der Waals surface area (Å²) in [4.78, 5) is 0. The summed E-state index contributed by atoms with van der Waals surface area (Å²) in [5, 5.41) is 4.07. The first-order chi connectivity index (χ1) is 15.7. The molecule has 0 atom stereocenters. The quantitative estimate of drug-likeness (QED) is 0.361. The third-order valence-corrected chi connectivity index (χ3v) is 10.9. The van der Waals surface area contributed by atoms with Gasteiger partial charge in [-0.25, -0.2) is 0 Å². The van der Waals surface area contributed by atoms with Crippen molar-refractivity contribution in [1.82, 2.24) is 0 Å². The van der Waals surface area contributed by atoms with E-state index >= 15 is 0 Å². The number of methoxy groups -OCH3 is 3. The molecule has 0 amide bonds. The molecule has 0 unspecified atom stereocenters. The standard InChI is InChI=1S/C28H29O3P/c1-29-26-20-19-22(27(30-2)28(26)31-3)21-32(23-13-7-4-8-14-23,24-15-9-5-10-16-24)25-17-11-6-12-18-25/h4-20,32H,21H2,1-3H3. The fraction of sp³-hybridized carbons (Fsp3) is 0.143. The van der Waals surface area contributed by atoms with Crippen molar-refractivity contribution in [3.05, 3.63) is 109 Å². The topological polar surface area (TPSA) is 27.7 Å². The molecular formula is C28H29O3P. The van der Waals surface area contributed by atoms with E-state index in [1.165, 1.54) is 15.9 Å². The second-order valence-corrected chi connectivity index (χ2v) is 11.6. The van der Waals surface area contributed by atoms with Gasteiger partial charge in [0, 0.05) is 0 Å². The fourth-order valence-electron chi connectivity index (χ4n) is 4.56. The molecule has 0 aliphatic rings. The molecule has 0 aliphatic heterocycles. The van der Waals surface area contributed by atoms with Gasteiger partial charge in [0.1, 0.15) is 0 Å². The van der Waals surface area contributed by atoms with Crippen molar-refractivity contribution in [3.8, 4) is 17.2 Å². The van der Waals surface area contributed by atoms with Crippen LogP contribution < -0.4 is 30.1 Å². The maximum atomic E-state index is 5.88. The zero-order valence-corrected chi connectivity index (χ0v) is 19.7. The number of hydrogen-bond donors (Lipinski definition) is 0. The Bertz CT molecular complexity index is 1050. The van der Waals surface area contributed by atoms with Crippen molar-refractivity contribution in [3.63, 3.8) is 0 Å². The van der Waals surface area contributed by atoms with Gasteiger partial charge in [-0.15, -0.1) is 0 Å². The van der Waals surface area contributed by atoms with Gasteiger partial charge in [-0.1, -0.05) is 0 Å². The van der Waals surface area contributed by atoms with Crippen LogP contribution >= 0.6 is 7.26 Å². The van der Waals surface area contributed by atoms with Gasteiger partial charge < -0.3 is 0 Å². The van der Waals surface area contributed by atoms with Crippen LogP contribution in [0.5, 0.6) is 17.2 Å². The van der Waals surface area contributed by atoms with Crippen molar-refractivity contribution < 1.29 is 14.2 Å². The van der Waals surface area contributed by atoms with E-state index in [0.29, 0.717) is 11.5 Å². The molecule has 0 N–H and O–H groups in total. The van der Waals surface area contributed by atoms with E-state index in [2.05, 4.69) is 97.1 Å². The summed E-state index contributed by atoms with van der Waals surface area (Å²) in [6.45, 7) is 0. The molecule has 32 heavy (non-hydrogen) atoms. The van der Waals surface area contributed by atoms with Gasteiger partial charge >= 0.3 is 191 Å². The summed E-state index contributed by atoms with van der Waals surface area (Å²) >= 11 is 0. The summed E-state index contributed by atoms with van der Waals surface area (Å²) in [7, 11) is 2.54. The summed E-state index contributed by atoms with van der Waals surface area (Å²) in [5.41, 5.74) is 1.10. The molecule has 4 rings (SSSR count). The Morgan fingerprint density at radius 2 is 0.938 bits per heavy atom. The van der Waals surface area contributed by atoms with Gasteiger partial charge in [0.25, 0.3) is 0 Å². The van der Waals surface area contributed by atoms with Crippen LogP contribution in [-0.2, 0) is 6.16 Å². The van der Waals surface area contributed by atoms with Crippen molar-refractivity contribution >= 4 is 23.2 Å². The van der Waals surface area contributed by atoms with Gasteiger partial charge in [-0.2, -0.15) is 0 Å². The van der Waals surface area contributed by atoms with Crippen LogP contribution in [-0.4, -0.2) is 21.3 Å². The van der Waals surface area contributed by atoms with Gasteiger partial charge in [0.2, 0.25) is 0 Å². The average Bonchev–Trinajstić information content (AvgIpc) is 2.88. The van der Waals surface area contributed by atoms with E-state index in [1.54, 1.807) is 21.3 Å². The molecule has 0 spiro atoms. The number of hydrogen-bond acceptors (Lipinski definition) is 3. The summed E-state index contributed by atoms with van der Waals surface area (Å²) < 4.78 is 17.1. The molecule has 0 heterocycles. The van der Waals surface area contributed by atoms with Crippen LogP contribution in [0.4, 0.5) is 0 Å². The van der Waals surface area contributed by atoms with Crippen molar-refractivity contribution in [2.24, 2.45) is 0 Å². The normalized spacial score (nSPS) is 11.6. The van der Waals surface area contributed by atoms with Crippen molar-refractivity contribution in [2.45, 2.75) is 6.16 Å². The Morgan fingerprint density at radius 3 is 1.31 bits per heavy atom. The number of benzene rings is 4. The van der Waals surface area contributed by atoms with E-state index in [-0.39, 0.29) is 0 Å². The summed E-state index contributed by atoms with van der Waals surface area (Å²) in [6.07, 6.45) is 0.828. The Balaban J connectivity index is 2.02. The molecule has 0 saturated carbocycles. The van der Waals surface area contributed by atoms with E-state index in [0.717, 1.165) is 17.5 Å². The van der Waals surface area contributed by atoms with Gasteiger partial charge in [0.15, 0.2) is 0 Å².